The fourth-order valence-electron chi connectivity index (χ4n) is 3.57. The molecule has 0 bridgehead atoms. The van der Waals surface area contributed by atoms with Gasteiger partial charge >= 0.3 is 0 Å². The van der Waals surface area contributed by atoms with E-state index in [1.807, 2.05) is 11.8 Å². The van der Waals surface area contributed by atoms with E-state index in [0.717, 1.165) is 25.7 Å². The van der Waals surface area contributed by atoms with Crippen LogP contribution >= 0.6 is 0 Å². The molecule has 1 aromatic heterocycles. The lowest BCUT2D eigenvalue weighted by atomic mass is 9.94. The minimum atomic E-state index is -3.49. The highest BCUT2D eigenvalue weighted by atomic mass is 32.2. The molecule has 0 radical (unpaired) electrons. The molecule has 0 saturated heterocycles. The Bertz CT molecular complexity index is 836. The van der Waals surface area contributed by atoms with Crippen molar-refractivity contribution in [2.75, 3.05) is 6.54 Å². The van der Waals surface area contributed by atoms with Gasteiger partial charge in [0.1, 0.15) is 11.5 Å². The average molecular weight is 375 g/mol. The van der Waals surface area contributed by atoms with E-state index in [0.29, 0.717) is 6.54 Å². The molecule has 1 heterocycles. The first kappa shape index (κ1) is 18.7. The summed E-state index contributed by atoms with van der Waals surface area (Å²) in [6, 6.07) is 11.7. The molecule has 6 heteroatoms. The first-order chi connectivity index (χ1) is 12.5. The molecule has 1 saturated carbocycles. The van der Waals surface area contributed by atoms with Crippen LogP contribution in [0.1, 0.15) is 55.3 Å². The van der Waals surface area contributed by atoms with E-state index in [-0.39, 0.29) is 34.1 Å². The minimum Gasteiger partial charge on any atom is -0.455 e. The Balaban J connectivity index is 1.73. The molecular weight excluding hydrogens is 350 g/mol. The molecule has 1 aromatic carbocycles. The van der Waals surface area contributed by atoms with Gasteiger partial charge in [-0.25, -0.2) is 8.42 Å². The summed E-state index contributed by atoms with van der Waals surface area (Å²) in [7, 11) is -3.49. The zero-order valence-electron chi connectivity index (χ0n) is 15.1. The predicted octanol–water partition coefficient (Wildman–Crippen LogP) is 4.05. The quantitative estimate of drug-likeness (QED) is 0.764. The Kier molecular flexibility index (Phi) is 5.81. The second-order valence-electron chi connectivity index (χ2n) is 6.72. The third-order valence-electron chi connectivity index (χ3n) is 4.92. The Morgan fingerprint density at radius 3 is 2.42 bits per heavy atom. The molecule has 26 heavy (non-hydrogen) atoms. The predicted molar refractivity (Wildman–Crippen MR) is 99.6 cm³/mol. The summed E-state index contributed by atoms with van der Waals surface area (Å²) < 4.78 is 30.5. The topological polar surface area (TPSA) is 67.6 Å². The van der Waals surface area contributed by atoms with E-state index < -0.39 is 9.84 Å². The number of sulfone groups is 1. The van der Waals surface area contributed by atoms with Crippen LogP contribution < -0.4 is 0 Å². The highest BCUT2D eigenvalue weighted by Gasteiger charge is 2.27. The summed E-state index contributed by atoms with van der Waals surface area (Å²) in [6.45, 7) is 2.60. The molecule has 1 aliphatic carbocycles. The second-order valence-corrected chi connectivity index (χ2v) is 8.71. The SMILES string of the molecule is CCN(C(=O)c1ccc(CS(=O)(=O)c2ccccc2)o1)C1CCCCC1. The summed E-state index contributed by atoms with van der Waals surface area (Å²) in [6.07, 6.45) is 5.57. The molecule has 140 valence electrons. The molecule has 5 nitrogen and oxygen atoms in total. The third-order valence-corrected chi connectivity index (χ3v) is 6.58. The van der Waals surface area contributed by atoms with Gasteiger partial charge in [0.15, 0.2) is 15.6 Å². The van der Waals surface area contributed by atoms with Crippen LogP contribution in [0, 0.1) is 0 Å². The summed E-state index contributed by atoms with van der Waals surface area (Å²) in [5.74, 6) is 0.107. The van der Waals surface area contributed by atoms with Crippen molar-refractivity contribution in [3.8, 4) is 0 Å². The number of carbonyl (C=O) groups excluding carboxylic acids is 1. The van der Waals surface area contributed by atoms with Crippen molar-refractivity contribution in [3.05, 3.63) is 54.0 Å². The summed E-state index contributed by atoms with van der Waals surface area (Å²) >= 11 is 0. The van der Waals surface area contributed by atoms with Crippen molar-refractivity contribution >= 4 is 15.7 Å². The van der Waals surface area contributed by atoms with Gasteiger partial charge in [0, 0.05) is 12.6 Å². The molecule has 0 spiro atoms. The lowest BCUT2D eigenvalue weighted by Crippen LogP contribution is -2.41. The zero-order valence-corrected chi connectivity index (χ0v) is 15.9. The van der Waals surface area contributed by atoms with Gasteiger partial charge in [0.25, 0.3) is 5.91 Å². The van der Waals surface area contributed by atoms with E-state index in [9.17, 15) is 13.2 Å². The highest BCUT2D eigenvalue weighted by molar-refractivity contribution is 7.90. The van der Waals surface area contributed by atoms with Gasteiger partial charge in [-0.2, -0.15) is 0 Å². The lowest BCUT2D eigenvalue weighted by molar-refractivity contribution is 0.0614. The van der Waals surface area contributed by atoms with Crippen molar-refractivity contribution in [1.82, 2.24) is 4.90 Å². The Morgan fingerprint density at radius 1 is 1.08 bits per heavy atom. The number of hydrogen-bond donors (Lipinski definition) is 0. The first-order valence-electron chi connectivity index (χ1n) is 9.19. The Hall–Kier alpha value is -2.08. The number of amides is 1. The molecule has 0 atom stereocenters. The Morgan fingerprint density at radius 2 is 1.77 bits per heavy atom. The monoisotopic (exact) mass is 375 g/mol. The Labute approximate surface area is 154 Å². The maximum absolute atomic E-state index is 12.8. The van der Waals surface area contributed by atoms with Gasteiger partial charge in [0.05, 0.1) is 4.90 Å². The van der Waals surface area contributed by atoms with Crippen LogP contribution in [0.5, 0.6) is 0 Å². The van der Waals surface area contributed by atoms with Gasteiger partial charge in [-0.05, 0) is 44.0 Å². The fourth-order valence-corrected chi connectivity index (χ4v) is 4.84. The molecule has 3 rings (SSSR count). The largest absolute Gasteiger partial charge is 0.455 e. The standard InChI is InChI=1S/C20H25NO4S/c1-2-21(16-9-5-3-6-10-16)20(22)19-14-13-17(25-19)15-26(23,24)18-11-7-4-8-12-18/h4,7-8,11-14,16H,2-3,5-6,9-10,15H2,1H3. The molecule has 2 aromatic rings. The normalized spacial score (nSPS) is 15.7. The van der Waals surface area contributed by atoms with Crippen LogP contribution in [-0.2, 0) is 15.6 Å². The minimum absolute atomic E-state index is 0.150. The van der Waals surface area contributed by atoms with E-state index in [4.69, 9.17) is 4.42 Å². The number of nitrogens with zero attached hydrogens (tertiary/aromatic N) is 1. The highest BCUT2D eigenvalue weighted by Crippen LogP contribution is 2.25. The van der Waals surface area contributed by atoms with Crippen LogP contribution in [0.3, 0.4) is 0 Å². The van der Waals surface area contributed by atoms with Gasteiger partial charge < -0.3 is 9.32 Å². The van der Waals surface area contributed by atoms with Crippen molar-refractivity contribution in [3.63, 3.8) is 0 Å². The smallest absolute Gasteiger partial charge is 0.289 e. The number of hydrogen-bond acceptors (Lipinski definition) is 4. The van der Waals surface area contributed by atoms with Crippen LogP contribution in [0.4, 0.5) is 0 Å². The maximum atomic E-state index is 12.8. The molecule has 1 fully saturated rings. The number of furan rings is 1. The van der Waals surface area contributed by atoms with Crippen LogP contribution in [0.2, 0.25) is 0 Å². The van der Waals surface area contributed by atoms with Crippen LogP contribution in [0.25, 0.3) is 0 Å². The summed E-state index contributed by atoms with van der Waals surface area (Å²) in [4.78, 5) is 14.9. The number of carbonyl (C=O) groups is 1. The van der Waals surface area contributed by atoms with Crippen LogP contribution in [-0.4, -0.2) is 31.8 Å². The molecule has 0 unspecified atom stereocenters. The lowest BCUT2D eigenvalue weighted by Gasteiger charge is -2.33. The number of rotatable bonds is 6. The van der Waals surface area contributed by atoms with Crippen molar-refractivity contribution in [2.24, 2.45) is 0 Å². The second kappa shape index (κ2) is 8.08. The fraction of sp³-hybridized carbons (Fsp3) is 0.450. The summed E-state index contributed by atoms with van der Waals surface area (Å²) in [5.41, 5.74) is 0. The van der Waals surface area contributed by atoms with E-state index in [1.54, 1.807) is 42.5 Å². The van der Waals surface area contributed by atoms with Crippen molar-refractivity contribution in [2.45, 2.75) is 55.7 Å². The van der Waals surface area contributed by atoms with Crippen LogP contribution in [0.15, 0.2) is 51.8 Å². The maximum Gasteiger partial charge on any atom is 0.289 e. The third kappa shape index (κ3) is 4.18. The van der Waals surface area contributed by atoms with Gasteiger partial charge in [-0.15, -0.1) is 0 Å². The van der Waals surface area contributed by atoms with E-state index >= 15 is 0 Å². The van der Waals surface area contributed by atoms with Gasteiger partial charge in [-0.1, -0.05) is 37.5 Å². The molecule has 1 amide bonds. The van der Waals surface area contributed by atoms with Crippen molar-refractivity contribution in [1.29, 1.82) is 0 Å². The molecule has 0 aliphatic heterocycles. The van der Waals surface area contributed by atoms with E-state index in [1.165, 1.54) is 6.42 Å². The molecule has 0 N–H and O–H groups in total. The van der Waals surface area contributed by atoms with Gasteiger partial charge in [-0.3, -0.25) is 4.79 Å². The first-order valence-corrected chi connectivity index (χ1v) is 10.8. The number of benzene rings is 1. The van der Waals surface area contributed by atoms with Gasteiger partial charge in [0.2, 0.25) is 0 Å². The van der Waals surface area contributed by atoms with Crippen molar-refractivity contribution < 1.29 is 17.6 Å². The molecular formula is C20H25NO4S. The zero-order chi connectivity index (χ0) is 18.6. The summed E-state index contributed by atoms with van der Waals surface area (Å²) in [5, 5.41) is 0. The van der Waals surface area contributed by atoms with E-state index in [2.05, 4.69) is 0 Å². The average Bonchev–Trinajstić information content (AvgIpc) is 3.12. The molecule has 1 aliphatic rings.